The zero-order valence-electron chi connectivity index (χ0n) is 12.6. The molecule has 1 aromatic rings. The molecule has 2 heterocycles. The molecule has 1 aliphatic heterocycles. The maximum atomic E-state index is 11.9. The van der Waals surface area contributed by atoms with Gasteiger partial charge < -0.3 is 19.9 Å². The molecule has 0 spiro atoms. The van der Waals surface area contributed by atoms with E-state index in [0.717, 1.165) is 12.3 Å². The largest absolute Gasteiger partial charge is 0.431 e. The normalized spacial score (nSPS) is 24.5. The number of halogens is 3. The van der Waals surface area contributed by atoms with Crippen LogP contribution >= 0.6 is 12.2 Å². The van der Waals surface area contributed by atoms with Crippen LogP contribution in [-0.2, 0) is 10.9 Å². The Labute approximate surface area is 132 Å². The third-order valence-electron chi connectivity index (χ3n) is 2.55. The Morgan fingerprint density at radius 2 is 1.91 bits per heavy atom. The maximum Gasteiger partial charge on any atom is 0.431 e. The third kappa shape index (κ3) is 7.83. The van der Waals surface area contributed by atoms with Crippen molar-refractivity contribution >= 4 is 12.2 Å². The molecule has 1 aliphatic rings. The SMILES string of the molecule is CC.CC1CC(O)C(O)CO1.FC(F)(F)c1ccnc(=S)[nH]1. The van der Waals surface area contributed by atoms with Crippen LogP contribution in [0.1, 0.15) is 32.9 Å². The molecule has 0 aromatic carbocycles. The van der Waals surface area contributed by atoms with Crippen LogP contribution in [0.15, 0.2) is 12.3 Å². The molecule has 128 valence electrons. The molecular formula is C13H21F3N2O3S. The van der Waals surface area contributed by atoms with Crippen LogP contribution in [-0.4, -0.2) is 45.1 Å². The fraction of sp³-hybridized carbons (Fsp3) is 0.692. The average molecular weight is 342 g/mol. The van der Waals surface area contributed by atoms with E-state index in [4.69, 9.17) is 14.9 Å². The molecule has 0 saturated carbocycles. The van der Waals surface area contributed by atoms with Gasteiger partial charge in [0, 0.05) is 12.6 Å². The molecule has 22 heavy (non-hydrogen) atoms. The highest BCUT2D eigenvalue weighted by Crippen LogP contribution is 2.26. The number of hydrogen-bond donors (Lipinski definition) is 3. The number of hydrogen-bond acceptors (Lipinski definition) is 5. The lowest BCUT2D eigenvalue weighted by molar-refractivity contribution is -0.141. The van der Waals surface area contributed by atoms with Gasteiger partial charge in [0.05, 0.1) is 18.8 Å². The minimum absolute atomic E-state index is 0.0865. The van der Waals surface area contributed by atoms with Gasteiger partial charge in [0.25, 0.3) is 0 Å². The van der Waals surface area contributed by atoms with Gasteiger partial charge in [-0.05, 0) is 25.2 Å². The van der Waals surface area contributed by atoms with Crippen molar-refractivity contribution in [1.29, 1.82) is 0 Å². The molecule has 0 radical (unpaired) electrons. The fourth-order valence-electron chi connectivity index (χ4n) is 1.47. The number of aromatic amines is 1. The summed E-state index contributed by atoms with van der Waals surface area (Å²) in [6, 6.07) is 0.829. The van der Waals surface area contributed by atoms with E-state index in [1.54, 1.807) is 0 Å². The zero-order valence-corrected chi connectivity index (χ0v) is 13.4. The second-order valence-corrected chi connectivity index (χ2v) is 4.69. The standard InChI is InChI=1S/C6H12O3.C5H3F3N2S.C2H6/c1-4-2-5(7)6(8)3-9-4;6-5(7,8)3-1-2-9-4(11)10-3;1-2/h4-8H,2-3H2,1H3;1-2H,(H,9,10,11);1-2H3. The number of H-pyrrole nitrogens is 1. The lowest BCUT2D eigenvalue weighted by atomic mass is 10.1. The first-order chi connectivity index (χ1) is 10.2. The first-order valence-corrected chi connectivity index (χ1v) is 7.21. The van der Waals surface area contributed by atoms with E-state index in [0.29, 0.717) is 6.42 Å². The predicted molar refractivity (Wildman–Crippen MR) is 77.8 cm³/mol. The lowest BCUT2D eigenvalue weighted by Crippen LogP contribution is -2.39. The van der Waals surface area contributed by atoms with E-state index in [1.807, 2.05) is 25.8 Å². The second-order valence-electron chi connectivity index (χ2n) is 4.30. The summed E-state index contributed by atoms with van der Waals surface area (Å²) in [5.41, 5.74) is -0.877. The van der Waals surface area contributed by atoms with E-state index in [-0.39, 0.29) is 17.5 Å². The van der Waals surface area contributed by atoms with Crippen molar-refractivity contribution < 1.29 is 28.1 Å². The highest BCUT2D eigenvalue weighted by molar-refractivity contribution is 7.71. The Morgan fingerprint density at radius 3 is 2.27 bits per heavy atom. The molecule has 1 aromatic heterocycles. The van der Waals surface area contributed by atoms with Gasteiger partial charge in [0.1, 0.15) is 11.8 Å². The highest BCUT2D eigenvalue weighted by atomic mass is 32.1. The number of ether oxygens (including phenoxy) is 1. The summed E-state index contributed by atoms with van der Waals surface area (Å²) in [5, 5.41) is 17.9. The molecule has 0 amide bonds. The second kappa shape index (κ2) is 9.88. The first-order valence-electron chi connectivity index (χ1n) is 6.80. The van der Waals surface area contributed by atoms with Crippen molar-refractivity contribution in [2.75, 3.05) is 6.61 Å². The summed E-state index contributed by atoms with van der Waals surface area (Å²) < 4.78 is 40.5. The molecular weight excluding hydrogens is 321 g/mol. The summed E-state index contributed by atoms with van der Waals surface area (Å²) in [6.45, 7) is 6.15. The van der Waals surface area contributed by atoms with Crippen molar-refractivity contribution in [1.82, 2.24) is 9.97 Å². The Bertz CT molecular complexity index is 482. The van der Waals surface area contributed by atoms with Crippen molar-refractivity contribution in [3.05, 3.63) is 22.7 Å². The van der Waals surface area contributed by atoms with E-state index >= 15 is 0 Å². The van der Waals surface area contributed by atoms with Crippen LogP contribution in [0.2, 0.25) is 0 Å². The minimum Gasteiger partial charge on any atom is -0.390 e. The summed E-state index contributed by atoms with van der Waals surface area (Å²) in [7, 11) is 0. The van der Waals surface area contributed by atoms with Crippen molar-refractivity contribution in [2.45, 2.75) is 51.7 Å². The van der Waals surface area contributed by atoms with Crippen LogP contribution in [0, 0.1) is 4.77 Å². The number of nitrogens with one attached hydrogen (secondary N) is 1. The predicted octanol–water partition coefficient (Wildman–Crippen LogP) is 2.70. The monoisotopic (exact) mass is 342 g/mol. The molecule has 2 rings (SSSR count). The fourth-order valence-corrected chi connectivity index (χ4v) is 1.64. The van der Waals surface area contributed by atoms with E-state index in [2.05, 4.69) is 17.2 Å². The van der Waals surface area contributed by atoms with Gasteiger partial charge in [-0.2, -0.15) is 13.2 Å². The van der Waals surface area contributed by atoms with Gasteiger partial charge in [0.2, 0.25) is 0 Å². The van der Waals surface area contributed by atoms with Gasteiger partial charge in [-0.1, -0.05) is 13.8 Å². The van der Waals surface area contributed by atoms with Crippen LogP contribution in [0.3, 0.4) is 0 Å². The van der Waals surface area contributed by atoms with Gasteiger partial charge in [0.15, 0.2) is 4.77 Å². The third-order valence-corrected chi connectivity index (χ3v) is 2.76. The topological polar surface area (TPSA) is 78.4 Å². The zero-order chi connectivity index (χ0) is 17.3. The summed E-state index contributed by atoms with van der Waals surface area (Å²) in [4.78, 5) is 5.34. The first kappa shape index (κ1) is 21.0. The summed E-state index contributed by atoms with van der Waals surface area (Å²) >= 11 is 4.40. The molecule has 3 unspecified atom stereocenters. The molecule has 1 saturated heterocycles. The molecule has 5 nitrogen and oxygen atoms in total. The summed E-state index contributed by atoms with van der Waals surface area (Å²) in [5.74, 6) is 0. The minimum atomic E-state index is -4.38. The van der Waals surface area contributed by atoms with Crippen LogP contribution < -0.4 is 0 Å². The maximum absolute atomic E-state index is 11.9. The van der Waals surface area contributed by atoms with Gasteiger partial charge in [-0.15, -0.1) is 0 Å². The van der Waals surface area contributed by atoms with Crippen molar-refractivity contribution in [3.63, 3.8) is 0 Å². The number of aliphatic hydroxyl groups excluding tert-OH is 2. The Kier molecular flexibility index (Phi) is 9.42. The van der Waals surface area contributed by atoms with Crippen molar-refractivity contribution in [3.8, 4) is 0 Å². The van der Waals surface area contributed by atoms with Crippen molar-refractivity contribution in [2.24, 2.45) is 0 Å². The Balaban J connectivity index is 0.000000366. The molecule has 9 heteroatoms. The number of alkyl halides is 3. The van der Waals surface area contributed by atoms with E-state index in [9.17, 15) is 13.2 Å². The highest BCUT2D eigenvalue weighted by Gasteiger charge is 2.31. The smallest absolute Gasteiger partial charge is 0.390 e. The van der Waals surface area contributed by atoms with Crippen LogP contribution in [0.4, 0.5) is 13.2 Å². The Morgan fingerprint density at radius 1 is 1.32 bits per heavy atom. The van der Waals surface area contributed by atoms with Crippen LogP contribution in [0.5, 0.6) is 0 Å². The number of aliphatic hydroxyl groups is 2. The lowest BCUT2D eigenvalue weighted by Gasteiger charge is -2.27. The molecule has 0 aliphatic carbocycles. The van der Waals surface area contributed by atoms with Gasteiger partial charge >= 0.3 is 6.18 Å². The van der Waals surface area contributed by atoms with Gasteiger partial charge in [-0.25, -0.2) is 4.98 Å². The Hall–Kier alpha value is -1.03. The van der Waals surface area contributed by atoms with Crippen LogP contribution in [0.25, 0.3) is 0 Å². The summed E-state index contributed by atoms with van der Waals surface area (Å²) in [6.07, 6.45) is -4.00. The average Bonchev–Trinajstić information content (AvgIpc) is 2.45. The number of aromatic nitrogens is 2. The van der Waals surface area contributed by atoms with E-state index in [1.165, 1.54) is 0 Å². The van der Waals surface area contributed by atoms with Gasteiger partial charge in [-0.3, -0.25) is 0 Å². The quantitative estimate of drug-likeness (QED) is 0.632. The molecule has 3 N–H and O–H groups in total. The van der Waals surface area contributed by atoms with E-state index < -0.39 is 24.1 Å². The molecule has 1 fully saturated rings. The molecule has 3 atom stereocenters. The number of rotatable bonds is 0. The molecule has 0 bridgehead atoms. The number of nitrogens with zero attached hydrogens (tertiary/aromatic N) is 1.